The van der Waals surface area contributed by atoms with Gasteiger partial charge >= 0.3 is 0 Å². The summed E-state index contributed by atoms with van der Waals surface area (Å²) in [6, 6.07) is 2.02. The molecule has 2 heterocycles. The van der Waals surface area contributed by atoms with Gasteiger partial charge in [-0.1, -0.05) is 0 Å². The third-order valence-electron chi connectivity index (χ3n) is 1.64. The average molecular weight is 321 g/mol. The lowest BCUT2D eigenvalue weighted by atomic mass is 10.3. The number of hydrogen-bond donors (Lipinski definition) is 1. The van der Waals surface area contributed by atoms with Crippen molar-refractivity contribution in [2.75, 3.05) is 6.54 Å². The van der Waals surface area contributed by atoms with E-state index in [1.54, 1.807) is 11.3 Å². The maximum Gasteiger partial charge on any atom is 0.248 e. The minimum atomic E-state index is 0.531. The van der Waals surface area contributed by atoms with Gasteiger partial charge < -0.3 is 10.2 Å². The zero-order valence-electron chi connectivity index (χ0n) is 7.24. The molecule has 0 amide bonds. The zero-order chi connectivity index (χ0) is 9.97. The van der Waals surface area contributed by atoms with Crippen LogP contribution in [0.4, 0.5) is 0 Å². The van der Waals surface area contributed by atoms with Crippen LogP contribution in [0.2, 0.25) is 0 Å². The highest BCUT2D eigenvalue weighted by Crippen LogP contribution is 2.25. The predicted molar refractivity (Wildman–Crippen MR) is 63.1 cm³/mol. The van der Waals surface area contributed by atoms with Crippen molar-refractivity contribution in [3.8, 4) is 11.5 Å². The van der Waals surface area contributed by atoms with Gasteiger partial charge in [-0.25, -0.2) is 0 Å². The molecule has 74 valence electrons. The first-order valence-electron chi connectivity index (χ1n) is 4.06. The van der Waals surface area contributed by atoms with Crippen LogP contribution in [0.1, 0.15) is 5.89 Å². The molecule has 2 aromatic heterocycles. The van der Waals surface area contributed by atoms with E-state index in [-0.39, 0.29) is 0 Å². The Labute approximate surface area is 98.7 Å². The minimum Gasteiger partial charge on any atom is -0.421 e. The highest BCUT2D eigenvalue weighted by Gasteiger charge is 2.09. The van der Waals surface area contributed by atoms with E-state index in [0.29, 0.717) is 24.7 Å². The lowest BCUT2D eigenvalue weighted by molar-refractivity contribution is 0.507. The maximum atomic E-state index is 5.42. The van der Waals surface area contributed by atoms with Gasteiger partial charge in [-0.15, -0.1) is 21.5 Å². The Morgan fingerprint density at radius 2 is 2.36 bits per heavy atom. The first-order valence-corrected chi connectivity index (χ1v) is 6.02. The molecule has 0 aliphatic heterocycles. The van der Waals surface area contributed by atoms with Crippen LogP contribution in [-0.2, 0) is 6.42 Å². The van der Waals surface area contributed by atoms with Crippen molar-refractivity contribution < 1.29 is 4.42 Å². The topological polar surface area (TPSA) is 64.9 Å². The molecular weight excluding hydrogens is 313 g/mol. The molecule has 2 N–H and O–H groups in total. The van der Waals surface area contributed by atoms with Crippen molar-refractivity contribution >= 4 is 33.9 Å². The molecule has 0 aliphatic rings. The van der Waals surface area contributed by atoms with Crippen molar-refractivity contribution in [2.24, 2.45) is 5.73 Å². The molecular formula is C8H8IN3OS. The zero-order valence-corrected chi connectivity index (χ0v) is 10.2. The molecule has 0 unspecified atom stereocenters. The van der Waals surface area contributed by atoms with Crippen LogP contribution in [0.25, 0.3) is 11.5 Å². The standard InChI is InChI=1S/C8H8IN3OS/c9-6-3-5(4-14-6)8-12-11-7(13-8)1-2-10/h3-4H,1-2,10H2. The second-order valence-electron chi connectivity index (χ2n) is 2.68. The smallest absolute Gasteiger partial charge is 0.248 e. The summed E-state index contributed by atoms with van der Waals surface area (Å²) in [6.07, 6.45) is 0.633. The quantitative estimate of drug-likeness (QED) is 0.877. The molecule has 0 saturated carbocycles. The molecule has 4 nitrogen and oxygen atoms in total. The van der Waals surface area contributed by atoms with Gasteiger partial charge in [0.2, 0.25) is 11.8 Å². The van der Waals surface area contributed by atoms with E-state index in [4.69, 9.17) is 10.2 Å². The molecule has 0 bridgehead atoms. The fraction of sp³-hybridized carbons (Fsp3) is 0.250. The first kappa shape index (κ1) is 10.1. The van der Waals surface area contributed by atoms with Crippen molar-refractivity contribution in [3.05, 3.63) is 20.2 Å². The van der Waals surface area contributed by atoms with Gasteiger partial charge in [0.1, 0.15) is 0 Å². The van der Waals surface area contributed by atoms with Gasteiger partial charge in [0.15, 0.2) is 0 Å². The Hall–Kier alpha value is -0.470. The van der Waals surface area contributed by atoms with Crippen molar-refractivity contribution in [1.82, 2.24) is 10.2 Å². The number of thiophene rings is 1. The monoisotopic (exact) mass is 321 g/mol. The maximum absolute atomic E-state index is 5.42. The largest absolute Gasteiger partial charge is 0.421 e. The summed E-state index contributed by atoms with van der Waals surface area (Å²) < 4.78 is 6.63. The van der Waals surface area contributed by atoms with E-state index < -0.39 is 0 Å². The van der Waals surface area contributed by atoms with Crippen LogP contribution in [0.15, 0.2) is 15.9 Å². The van der Waals surface area contributed by atoms with Gasteiger partial charge in [-0.05, 0) is 28.7 Å². The Kier molecular flexibility index (Phi) is 3.14. The number of rotatable bonds is 3. The molecule has 0 aliphatic carbocycles. The van der Waals surface area contributed by atoms with E-state index in [1.807, 2.05) is 11.4 Å². The molecule has 0 radical (unpaired) electrons. The Balaban J connectivity index is 2.24. The van der Waals surface area contributed by atoms with Crippen molar-refractivity contribution in [3.63, 3.8) is 0 Å². The summed E-state index contributed by atoms with van der Waals surface area (Å²) in [7, 11) is 0. The Bertz CT molecular complexity index is 426. The van der Waals surface area contributed by atoms with Gasteiger partial charge in [0.25, 0.3) is 0 Å². The second kappa shape index (κ2) is 4.37. The molecule has 2 rings (SSSR count). The lowest BCUT2D eigenvalue weighted by Crippen LogP contribution is -2.02. The third kappa shape index (κ3) is 2.12. The lowest BCUT2D eigenvalue weighted by Gasteiger charge is -1.87. The minimum absolute atomic E-state index is 0.531. The van der Waals surface area contributed by atoms with Crippen LogP contribution in [-0.4, -0.2) is 16.7 Å². The highest BCUT2D eigenvalue weighted by molar-refractivity contribution is 14.1. The van der Waals surface area contributed by atoms with Crippen LogP contribution in [0.5, 0.6) is 0 Å². The summed E-state index contributed by atoms with van der Waals surface area (Å²) in [5.41, 5.74) is 6.37. The molecule has 6 heteroatoms. The SMILES string of the molecule is NCCc1nnc(-c2csc(I)c2)o1. The number of nitrogens with two attached hydrogens (primary N) is 1. The number of halogens is 1. The van der Waals surface area contributed by atoms with E-state index in [1.165, 1.54) is 2.88 Å². The average Bonchev–Trinajstić information content (AvgIpc) is 2.74. The normalized spacial score (nSPS) is 10.7. The molecule has 0 fully saturated rings. The highest BCUT2D eigenvalue weighted by atomic mass is 127. The van der Waals surface area contributed by atoms with Gasteiger partial charge in [-0.3, -0.25) is 0 Å². The van der Waals surface area contributed by atoms with E-state index in [0.717, 1.165) is 5.56 Å². The number of aromatic nitrogens is 2. The van der Waals surface area contributed by atoms with Crippen LogP contribution >= 0.6 is 33.9 Å². The van der Waals surface area contributed by atoms with Gasteiger partial charge in [-0.2, -0.15) is 0 Å². The third-order valence-corrected chi connectivity index (χ3v) is 3.43. The molecule has 0 aromatic carbocycles. The summed E-state index contributed by atoms with van der Waals surface area (Å²) in [5, 5.41) is 9.85. The van der Waals surface area contributed by atoms with Crippen LogP contribution in [0, 0.1) is 2.88 Å². The predicted octanol–water partition coefficient (Wildman–Crippen LogP) is 1.90. The molecule has 0 spiro atoms. The Morgan fingerprint density at radius 3 is 3.00 bits per heavy atom. The van der Waals surface area contributed by atoms with Crippen LogP contribution in [0.3, 0.4) is 0 Å². The van der Waals surface area contributed by atoms with Crippen molar-refractivity contribution in [1.29, 1.82) is 0 Å². The summed E-state index contributed by atoms with van der Waals surface area (Å²) in [4.78, 5) is 0. The van der Waals surface area contributed by atoms with E-state index in [9.17, 15) is 0 Å². The molecule has 0 atom stereocenters. The van der Waals surface area contributed by atoms with Gasteiger partial charge in [0, 0.05) is 18.3 Å². The summed E-state index contributed by atoms with van der Waals surface area (Å²) in [6.45, 7) is 0.531. The number of nitrogens with zero attached hydrogens (tertiary/aromatic N) is 2. The first-order chi connectivity index (χ1) is 6.79. The summed E-state index contributed by atoms with van der Waals surface area (Å²) >= 11 is 3.92. The summed E-state index contributed by atoms with van der Waals surface area (Å²) in [5.74, 6) is 1.18. The fourth-order valence-corrected chi connectivity index (χ4v) is 2.34. The second-order valence-corrected chi connectivity index (χ2v) is 5.48. The van der Waals surface area contributed by atoms with Crippen molar-refractivity contribution in [2.45, 2.75) is 6.42 Å². The Morgan fingerprint density at radius 1 is 1.50 bits per heavy atom. The fourth-order valence-electron chi connectivity index (χ4n) is 1.02. The van der Waals surface area contributed by atoms with Gasteiger partial charge in [0.05, 0.1) is 8.45 Å². The van der Waals surface area contributed by atoms with E-state index >= 15 is 0 Å². The number of hydrogen-bond acceptors (Lipinski definition) is 5. The van der Waals surface area contributed by atoms with Crippen LogP contribution < -0.4 is 5.73 Å². The van der Waals surface area contributed by atoms with E-state index in [2.05, 4.69) is 32.8 Å². The molecule has 2 aromatic rings. The molecule has 14 heavy (non-hydrogen) atoms. The molecule has 0 saturated heterocycles.